The van der Waals surface area contributed by atoms with Crippen LogP contribution in [-0.2, 0) is 19.6 Å². The zero-order valence-corrected chi connectivity index (χ0v) is 28.0. The van der Waals surface area contributed by atoms with Gasteiger partial charge in [-0.2, -0.15) is 9.78 Å². The molecular weight excluding hydrogens is 584 g/mol. The van der Waals surface area contributed by atoms with Crippen LogP contribution in [0, 0.1) is 17.8 Å². The first-order chi connectivity index (χ1) is 22.4. The lowest BCUT2D eigenvalue weighted by Gasteiger charge is -2.35. The number of hydrogen-bond acceptors (Lipinski definition) is 8. The highest BCUT2D eigenvalue weighted by molar-refractivity contribution is 5.73. The first-order valence-electron chi connectivity index (χ1n) is 16.4. The van der Waals surface area contributed by atoms with Gasteiger partial charge in [-0.3, -0.25) is 4.79 Å². The summed E-state index contributed by atoms with van der Waals surface area (Å²) in [6.45, 7) is 8.56. The second-order valence-corrected chi connectivity index (χ2v) is 11.8. The topological polar surface area (TPSA) is 104 Å². The van der Waals surface area contributed by atoms with Gasteiger partial charge in [0.1, 0.15) is 6.29 Å². The van der Waals surface area contributed by atoms with Crippen LogP contribution in [0.5, 0.6) is 11.5 Å². The first kappa shape index (κ1) is 38.9. The third-order valence-corrected chi connectivity index (χ3v) is 8.57. The smallest absolute Gasteiger partial charge is 0.173 e. The molecule has 0 radical (unpaired) electrons. The fraction of sp³-hybridized carbons (Fsp3) is 0.500. The van der Waals surface area contributed by atoms with Crippen LogP contribution in [0.4, 0.5) is 0 Å². The molecule has 2 aliphatic carbocycles. The van der Waals surface area contributed by atoms with Gasteiger partial charge in [0.05, 0.1) is 27.4 Å². The average Bonchev–Trinajstić information content (AvgIpc) is 3.11. The Morgan fingerprint density at radius 3 is 2.02 bits per heavy atom. The van der Waals surface area contributed by atoms with E-state index in [1.165, 1.54) is 102 Å². The van der Waals surface area contributed by atoms with Crippen molar-refractivity contribution in [2.45, 2.75) is 77.6 Å². The number of aliphatic hydroxyl groups excluding tert-OH is 2. The van der Waals surface area contributed by atoms with E-state index in [9.17, 15) is 4.79 Å². The van der Waals surface area contributed by atoms with E-state index in [1.807, 2.05) is 12.1 Å². The van der Waals surface area contributed by atoms with Gasteiger partial charge in [-0.1, -0.05) is 88.4 Å². The number of aldehydes is 1. The van der Waals surface area contributed by atoms with Crippen molar-refractivity contribution in [3.8, 4) is 22.6 Å². The normalized spacial score (nSPS) is 18.9. The van der Waals surface area contributed by atoms with Gasteiger partial charge < -0.3 is 20.0 Å². The van der Waals surface area contributed by atoms with Crippen molar-refractivity contribution in [3.05, 3.63) is 78.9 Å². The highest BCUT2D eigenvalue weighted by Gasteiger charge is 2.28. The number of allylic oxidation sites excluding steroid dienone is 2. The third-order valence-electron chi connectivity index (χ3n) is 8.57. The van der Waals surface area contributed by atoms with E-state index in [2.05, 4.69) is 60.3 Å². The summed E-state index contributed by atoms with van der Waals surface area (Å²) in [5, 5.41) is 20.4. The molecule has 2 N–H and O–H groups in total. The zero-order valence-electron chi connectivity index (χ0n) is 28.0. The molecule has 1 fully saturated rings. The highest BCUT2D eigenvalue weighted by Crippen LogP contribution is 2.42. The minimum absolute atomic E-state index is 0.0833. The minimum atomic E-state index is -0.233. The Morgan fingerprint density at radius 1 is 0.870 bits per heavy atom. The van der Waals surface area contributed by atoms with Crippen molar-refractivity contribution in [1.82, 2.24) is 0 Å². The van der Waals surface area contributed by atoms with Gasteiger partial charge in [-0.05, 0) is 89.3 Å². The maximum Gasteiger partial charge on any atom is 0.173 e. The molecule has 0 saturated heterocycles. The Kier molecular flexibility index (Phi) is 19.5. The van der Waals surface area contributed by atoms with Crippen LogP contribution in [0.25, 0.3) is 16.7 Å². The number of unbranched alkanes of at least 4 members (excludes halogenated alkanes) is 2. The van der Waals surface area contributed by atoms with Crippen molar-refractivity contribution < 1.29 is 39.6 Å². The Labute approximate surface area is 275 Å². The molecule has 2 aliphatic rings. The van der Waals surface area contributed by atoms with E-state index in [0.717, 1.165) is 28.9 Å². The maximum absolute atomic E-state index is 9.48. The molecule has 0 amide bonds. The predicted octanol–water partition coefficient (Wildman–Crippen LogP) is 8.63. The molecule has 0 bridgehead atoms. The Morgan fingerprint density at radius 2 is 1.52 bits per heavy atom. The van der Waals surface area contributed by atoms with Crippen LogP contribution in [0.2, 0.25) is 0 Å². The van der Waals surface area contributed by atoms with E-state index in [4.69, 9.17) is 24.9 Å². The van der Waals surface area contributed by atoms with Crippen molar-refractivity contribution in [3.63, 3.8) is 0 Å². The van der Waals surface area contributed by atoms with E-state index < -0.39 is 0 Å². The second kappa shape index (κ2) is 23.1. The molecule has 1 saturated carbocycles. The van der Waals surface area contributed by atoms with Gasteiger partial charge in [-0.25, -0.2) is 0 Å². The lowest BCUT2D eigenvalue weighted by atomic mass is 9.70. The molecule has 0 aliphatic heterocycles. The fourth-order valence-electron chi connectivity index (χ4n) is 6.09. The van der Waals surface area contributed by atoms with Gasteiger partial charge >= 0.3 is 0 Å². The zero-order chi connectivity index (χ0) is 33.6. The van der Waals surface area contributed by atoms with Crippen LogP contribution in [0.1, 0.15) is 83.1 Å². The molecule has 2 aromatic rings. The molecule has 8 heteroatoms. The second-order valence-electron chi connectivity index (χ2n) is 11.8. The number of carbonyl (C=O) groups is 1. The van der Waals surface area contributed by atoms with Crippen LogP contribution in [0.15, 0.2) is 73.3 Å². The van der Waals surface area contributed by atoms with E-state index in [0.29, 0.717) is 17.8 Å². The summed E-state index contributed by atoms with van der Waals surface area (Å²) in [5.74, 6) is 3.79. The van der Waals surface area contributed by atoms with Crippen molar-refractivity contribution in [1.29, 1.82) is 0 Å². The van der Waals surface area contributed by atoms with E-state index >= 15 is 0 Å². The molecule has 0 aromatic heterocycles. The summed E-state index contributed by atoms with van der Waals surface area (Å²) in [6, 6.07) is 14.2. The summed E-state index contributed by atoms with van der Waals surface area (Å²) >= 11 is 0. The summed E-state index contributed by atoms with van der Waals surface area (Å²) in [7, 11) is 2.85. The van der Waals surface area contributed by atoms with E-state index in [1.54, 1.807) is 6.07 Å². The predicted molar refractivity (Wildman–Crippen MR) is 183 cm³/mol. The Hall–Kier alpha value is -3.27. The molecule has 254 valence electrons. The molecular formula is C38H54O8. The third kappa shape index (κ3) is 14.0. The van der Waals surface area contributed by atoms with Gasteiger partial charge in [0.25, 0.3) is 0 Å². The van der Waals surface area contributed by atoms with E-state index in [-0.39, 0.29) is 18.8 Å². The summed E-state index contributed by atoms with van der Waals surface area (Å²) < 4.78 is 0. The lowest BCUT2D eigenvalue weighted by Crippen LogP contribution is -2.23. The molecule has 4 rings (SSSR count). The van der Waals surface area contributed by atoms with Crippen LogP contribution in [-0.4, -0.2) is 43.9 Å². The number of benzene rings is 2. The highest BCUT2D eigenvalue weighted by atomic mass is 17.5. The average molecular weight is 639 g/mol. The molecule has 2 aromatic carbocycles. The summed E-state index contributed by atoms with van der Waals surface area (Å²) in [5.41, 5.74) is 5.02. The van der Waals surface area contributed by atoms with Gasteiger partial charge in [0, 0.05) is 11.6 Å². The largest absolute Gasteiger partial charge is 0.392 e. The van der Waals surface area contributed by atoms with Crippen LogP contribution >= 0.6 is 0 Å². The van der Waals surface area contributed by atoms with Crippen LogP contribution < -0.4 is 9.78 Å². The van der Waals surface area contributed by atoms with Gasteiger partial charge in [0.2, 0.25) is 0 Å². The molecule has 8 nitrogen and oxygen atoms in total. The molecule has 0 spiro atoms. The van der Waals surface area contributed by atoms with Gasteiger partial charge in [-0.15, -0.1) is 6.58 Å². The maximum atomic E-state index is 9.48. The molecule has 1 atom stereocenters. The molecule has 46 heavy (non-hydrogen) atoms. The van der Waals surface area contributed by atoms with Crippen LogP contribution in [0.3, 0.4) is 0 Å². The fourth-order valence-corrected chi connectivity index (χ4v) is 6.09. The molecule has 0 heterocycles. The summed E-state index contributed by atoms with van der Waals surface area (Å²) in [4.78, 5) is 29.2. The molecule has 1 unspecified atom stereocenters. The Bertz CT molecular complexity index is 1180. The number of carbonyl (C=O) groups excluding carboxylic acids is 1. The Balaban J connectivity index is 0.000000642. The monoisotopic (exact) mass is 638 g/mol. The number of aliphatic hydroxyl groups is 2. The van der Waals surface area contributed by atoms with Crippen molar-refractivity contribution in [2.75, 3.05) is 27.4 Å². The quantitative estimate of drug-likeness (QED) is 0.0499. The number of hydrogen-bond donors (Lipinski definition) is 2. The van der Waals surface area contributed by atoms with Gasteiger partial charge in [0.15, 0.2) is 11.5 Å². The minimum Gasteiger partial charge on any atom is -0.392 e. The lowest BCUT2D eigenvalue weighted by molar-refractivity contribution is -0.453. The van der Waals surface area contributed by atoms with Crippen molar-refractivity contribution >= 4 is 11.9 Å². The first-order valence-corrected chi connectivity index (χ1v) is 16.4. The standard InChI is InChI=1S/C31H42O5.C4H6O2.C3H6O/c1-4-5-6-7-23-8-10-24(11-9-23)25-12-14-26(15-13-25)27-16-18-28(19-17-27)29-20-30(34-32-2)22-31(21-29)35-36-33-3;1-4(2-5)3-6;1-2-3-4/h14,16-25H,4-13,15H2,1-3H3;2,6H,1,3H2;2,4H,1,3H2. The van der Waals surface area contributed by atoms with Crippen molar-refractivity contribution in [2.24, 2.45) is 17.8 Å². The summed E-state index contributed by atoms with van der Waals surface area (Å²) in [6.07, 6.45) is 19.7. The number of rotatable bonds is 15. The SMILES string of the molecule is C=C(C=O)CO.C=CCO.CCCCCC1CCC(C2CC=C(c3ccc(-c4cc(OOC)cc(OOOC)c4)cc3)CC2)CC1.